The molecule has 1 N–H and O–H groups in total. The van der Waals surface area contributed by atoms with Gasteiger partial charge in [0.2, 0.25) is 0 Å². The molecule has 0 saturated heterocycles. The van der Waals surface area contributed by atoms with Crippen molar-refractivity contribution in [1.29, 1.82) is 0 Å². The predicted molar refractivity (Wildman–Crippen MR) is 69.0 cm³/mol. The number of hydrogen-bond donors (Lipinski definition) is 1. The molecule has 0 unspecified atom stereocenters. The highest BCUT2D eigenvalue weighted by molar-refractivity contribution is 9.10. The summed E-state index contributed by atoms with van der Waals surface area (Å²) in [6.45, 7) is -0.196. The molecule has 0 aliphatic heterocycles. The van der Waals surface area contributed by atoms with Crippen LogP contribution in [0.4, 0.5) is 0 Å². The monoisotopic (exact) mass is 331 g/mol. The second-order valence-electron chi connectivity index (χ2n) is 3.02. The number of halogens is 2. The minimum absolute atomic E-state index is 0.196. The van der Waals surface area contributed by atoms with Gasteiger partial charge in [-0.25, -0.2) is 15.0 Å². The van der Waals surface area contributed by atoms with Gasteiger partial charge in [-0.1, -0.05) is 11.6 Å². The maximum Gasteiger partial charge on any atom is 0.139 e. The standard InChI is InChI=1S/C10H7BrClN3OS/c11-6-1-2-8(13-3-6)17-10-7(4-16)9(12)14-5-15-10/h1-3,5,16H,4H2. The van der Waals surface area contributed by atoms with Crippen molar-refractivity contribution >= 4 is 39.3 Å². The molecular weight excluding hydrogens is 326 g/mol. The van der Waals surface area contributed by atoms with Crippen molar-refractivity contribution in [2.45, 2.75) is 16.7 Å². The van der Waals surface area contributed by atoms with E-state index in [0.29, 0.717) is 10.6 Å². The Hall–Kier alpha value is -0.690. The molecule has 2 aromatic rings. The summed E-state index contributed by atoms with van der Waals surface area (Å²) in [6, 6.07) is 3.74. The smallest absolute Gasteiger partial charge is 0.139 e. The first-order valence-corrected chi connectivity index (χ1v) is 6.59. The van der Waals surface area contributed by atoms with E-state index >= 15 is 0 Å². The molecule has 0 spiro atoms. The molecule has 4 nitrogen and oxygen atoms in total. The molecule has 0 fully saturated rings. The van der Waals surface area contributed by atoms with Crippen LogP contribution in [0.3, 0.4) is 0 Å². The van der Waals surface area contributed by atoms with Crippen molar-refractivity contribution < 1.29 is 5.11 Å². The van der Waals surface area contributed by atoms with Gasteiger partial charge in [0, 0.05) is 16.2 Å². The van der Waals surface area contributed by atoms with E-state index in [1.807, 2.05) is 12.1 Å². The maximum atomic E-state index is 9.22. The highest BCUT2D eigenvalue weighted by Gasteiger charge is 2.10. The first kappa shape index (κ1) is 12.8. The summed E-state index contributed by atoms with van der Waals surface area (Å²) in [5.41, 5.74) is 0.517. The number of hydrogen-bond acceptors (Lipinski definition) is 5. The Morgan fingerprint density at radius 3 is 2.76 bits per heavy atom. The summed E-state index contributed by atoms with van der Waals surface area (Å²) in [6.07, 6.45) is 3.06. The highest BCUT2D eigenvalue weighted by atomic mass is 79.9. The molecule has 0 atom stereocenters. The van der Waals surface area contributed by atoms with E-state index in [1.54, 1.807) is 6.20 Å². The lowest BCUT2D eigenvalue weighted by Crippen LogP contribution is -1.95. The van der Waals surface area contributed by atoms with Gasteiger partial charge in [0.25, 0.3) is 0 Å². The lowest BCUT2D eigenvalue weighted by Gasteiger charge is -2.05. The van der Waals surface area contributed by atoms with Crippen LogP contribution in [-0.2, 0) is 6.61 Å². The number of nitrogens with zero attached hydrogens (tertiary/aromatic N) is 3. The molecular formula is C10H7BrClN3OS. The van der Waals surface area contributed by atoms with Gasteiger partial charge in [0.15, 0.2) is 0 Å². The molecule has 2 aromatic heterocycles. The normalized spacial score (nSPS) is 10.5. The quantitative estimate of drug-likeness (QED) is 0.876. The summed E-state index contributed by atoms with van der Waals surface area (Å²) in [5, 5.41) is 10.9. The van der Waals surface area contributed by atoms with E-state index in [9.17, 15) is 5.11 Å². The molecule has 2 rings (SSSR count). The predicted octanol–water partition coefficient (Wildman–Crippen LogP) is 2.93. The number of rotatable bonds is 3. The molecule has 0 aliphatic carbocycles. The van der Waals surface area contributed by atoms with Gasteiger partial charge in [-0.3, -0.25) is 0 Å². The molecule has 7 heteroatoms. The topological polar surface area (TPSA) is 58.9 Å². The van der Waals surface area contributed by atoms with Gasteiger partial charge in [0.05, 0.1) is 6.61 Å². The van der Waals surface area contributed by atoms with Crippen LogP contribution in [0.25, 0.3) is 0 Å². The zero-order chi connectivity index (χ0) is 12.3. The third-order valence-corrected chi connectivity index (χ3v) is 3.70. The van der Waals surface area contributed by atoms with Crippen LogP contribution < -0.4 is 0 Å². The Morgan fingerprint density at radius 1 is 1.29 bits per heavy atom. The van der Waals surface area contributed by atoms with Crippen LogP contribution in [0.15, 0.2) is 39.2 Å². The number of pyridine rings is 1. The van der Waals surface area contributed by atoms with Crippen molar-refractivity contribution in [3.63, 3.8) is 0 Å². The van der Waals surface area contributed by atoms with Crippen molar-refractivity contribution in [2.24, 2.45) is 0 Å². The second-order valence-corrected chi connectivity index (χ2v) is 5.31. The second kappa shape index (κ2) is 5.77. The van der Waals surface area contributed by atoms with Crippen LogP contribution >= 0.6 is 39.3 Å². The van der Waals surface area contributed by atoms with Crippen molar-refractivity contribution in [3.05, 3.63) is 39.8 Å². The van der Waals surface area contributed by atoms with Crippen molar-refractivity contribution in [1.82, 2.24) is 15.0 Å². The van der Waals surface area contributed by atoms with E-state index in [4.69, 9.17) is 11.6 Å². The third-order valence-electron chi connectivity index (χ3n) is 1.91. The minimum atomic E-state index is -0.196. The molecule has 0 radical (unpaired) electrons. The maximum absolute atomic E-state index is 9.22. The summed E-state index contributed by atoms with van der Waals surface area (Å²) in [7, 11) is 0. The first-order valence-electron chi connectivity index (χ1n) is 4.60. The van der Waals surface area contributed by atoms with Crippen LogP contribution in [0.1, 0.15) is 5.56 Å². The molecule has 0 aliphatic rings. The fourth-order valence-corrected chi connectivity index (χ4v) is 2.43. The Morgan fingerprint density at radius 2 is 2.12 bits per heavy atom. The molecule has 0 amide bonds. The van der Waals surface area contributed by atoms with E-state index in [2.05, 4.69) is 30.9 Å². The lowest BCUT2D eigenvalue weighted by molar-refractivity contribution is 0.277. The van der Waals surface area contributed by atoms with E-state index in [0.717, 1.165) is 9.50 Å². The van der Waals surface area contributed by atoms with Gasteiger partial charge in [-0.2, -0.15) is 0 Å². The molecule has 88 valence electrons. The minimum Gasteiger partial charge on any atom is -0.391 e. The van der Waals surface area contributed by atoms with Crippen LogP contribution in [-0.4, -0.2) is 20.1 Å². The van der Waals surface area contributed by atoms with Gasteiger partial charge < -0.3 is 5.11 Å². The van der Waals surface area contributed by atoms with Crippen LogP contribution in [0.2, 0.25) is 5.15 Å². The Kier molecular flexibility index (Phi) is 4.33. The third kappa shape index (κ3) is 3.16. The average molecular weight is 333 g/mol. The zero-order valence-electron chi connectivity index (χ0n) is 8.47. The van der Waals surface area contributed by atoms with Gasteiger partial charge in [0.1, 0.15) is 21.5 Å². The van der Waals surface area contributed by atoms with Gasteiger partial charge >= 0.3 is 0 Å². The average Bonchev–Trinajstić information content (AvgIpc) is 2.32. The van der Waals surface area contributed by atoms with Crippen molar-refractivity contribution in [2.75, 3.05) is 0 Å². The highest BCUT2D eigenvalue weighted by Crippen LogP contribution is 2.30. The molecule has 2 heterocycles. The molecule has 0 bridgehead atoms. The fourth-order valence-electron chi connectivity index (χ4n) is 1.12. The van der Waals surface area contributed by atoms with Crippen LogP contribution in [0, 0.1) is 0 Å². The summed E-state index contributed by atoms with van der Waals surface area (Å²) in [5.74, 6) is 0. The SMILES string of the molecule is OCc1c(Cl)ncnc1Sc1ccc(Br)cn1. The van der Waals surface area contributed by atoms with Gasteiger partial charge in [-0.15, -0.1) is 0 Å². The Balaban J connectivity index is 2.29. The molecule has 0 aromatic carbocycles. The number of aromatic nitrogens is 3. The lowest BCUT2D eigenvalue weighted by atomic mass is 10.4. The summed E-state index contributed by atoms with van der Waals surface area (Å²) < 4.78 is 0.907. The van der Waals surface area contributed by atoms with Gasteiger partial charge in [-0.05, 0) is 39.8 Å². The van der Waals surface area contributed by atoms with E-state index in [-0.39, 0.29) is 11.8 Å². The Labute approximate surface area is 116 Å². The summed E-state index contributed by atoms with van der Waals surface area (Å²) >= 11 is 10.5. The van der Waals surface area contributed by atoms with E-state index in [1.165, 1.54) is 18.1 Å². The zero-order valence-corrected chi connectivity index (χ0v) is 11.6. The summed E-state index contributed by atoms with van der Waals surface area (Å²) in [4.78, 5) is 12.1. The first-order chi connectivity index (χ1) is 8.20. The Bertz CT molecular complexity index is 523. The molecule has 17 heavy (non-hydrogen) atoms. The number of aliphatic hydroxyl groups is 1. The fraction of sp³-hybridized carbons (Fsp3) is 0.100. The number of aliphatic hydroxyl groups excluding tert-OH is 1. The van der Waals surface area contributed by atoms with Crippen LogP contribution in [0.5, 0.6) is 0 Å². The largest absolute Gasteiger partial charge is 0.391 e. The van der Waals surface area contributed by atoms with E-state index < -0.39 is 0 Å². The van der Waals surface area contributed by atoms with Crippen molar-refractivity contribution in [3.8, 4) is 0 Å². The molecule has 0 saturated carbocycles.